The number of hydrogen-bond acceptors (Lipinski definition) is 2. The third kappa shape index (κ3) is 3.98. The summed E-state index contributed by atoms with van der Waals surface area (Å²) in [7, 11) is 0. The lowest BCUT2D eigenvalue weighted by Gasteiger charge is -2.49. The van der Waals surface area contributed by atoms with Crippen LogP contribution in [0.4, 0.5) is 4.39 Å². The van der Waals surface area contributed by atoms with Gasteiger partial charge in [0.25, 0.3) is 0 Å². The molecule has 29 heavy (non-hydrogen) atoms. The molecule has 3 heteroatoms. The minimum absolute atomic E-state index is 0.00423. The van der Waals surface area contributed by atoms with Crippen molar-refractivity contribution in [2.45, 2.75) is 43.9 Å². The maximum Gasteiger partial charge on any atom is 0.123 e. The summed E-state index contributed by atoms with van der Waals surface area (Å²) in [6, 6.07) is 27.0. The highest BCUT2D eigenvalue weighted by Gasteiger charge is 2.48. The Bertz CT molecular complexity index is 912. The molecular weight excluding hydrogens is 361 g/mol. The highest BCUT2D eigenvalue weighted by Crippen LogP contribution is 2.50. The van der Waals surface area contributed by atoms with Gasteiger partial charge in [-0.2, -0.15) is 0 Å². The normalized spacial score (nSPS) is 26.9. The average molecular weight is 390 g/mol. The van der Waals surface area contributed by atoms with Crippen molar-refractivity contribution in [2.24, 2.45) is 5.92 Å². The van der Waals surface area contributed by atoms with Gasteiger partial charge >= 0.3 is 0 Å². The van der Waals surface area contributed by atoms with Crippen LogP contribution in [0.15, 0.2) is 84.9 Å². The first-order valence-corrected chi connectivity index (χ1v) is 10.5. The van der Waals surface area contributed by atoms with Gasteiger partial charge in [0, 0.05) is 24.4 Å². The van der Waals surface area contributed by atoms with E-state index >= 15 is 0 Å². The molecule has 3 aromatic rings. The topological polar surface area (TPSA) is 32.3 Å². The summed E-state index contributed by atoms with van der Waals surface area (Å²) >= 11 is 0. The molecule has 1 aliphatic rings. The van der Waals surface area contributed by atoms with Crippen molar-refractivity contribution >= 4 is 0 Å². The van der Waals surface area contributed by atoms with E-state index in [1.807, 2.05) is 36.4 Å². The van der Waals surface area contributed by atoms with Gasteiger partial charge in [0.05, 0.1) is 5.60 Å². The molecule has 0 spiro atoms. The van der Waals surface area contributed by atoms with Crippen LogP contribution >= 0.6 is 0 Å². The first-order chi connectivity index (χ1) is 14.1. The second kappa shape index (κ2) is 8.48. The van der Waals surface area contributed by atoms with Crippen LogP contribution in [0.2, 0.25) is 0 Å². The summed E-state index contributed by atoms with van der Waals surface area (Å²) in [6.07, 6.45) is 2.40. The van der Waals surface area contributed by atoms with Crippen LogP contribution in [0.5, 0.6) is 0 Å². The van der Waals surface area contributed by atoms with Crippen molar-refractivity contribution in [2.75, 3.05) is 0 Å². The molecule has 2 N–H and O–H groups in total. The molecule has 0 unspecified atom stereocenters. The highest BCUT2D eigenvalue weighted by molar-refractivity contribution is 5.32. The zero-order valence-corrected chi connectivity index (χ0v) is 16.8. The maximum absolute atomic E-state index is 13.6. The molecule has 1 aliphatic heterocycles. The lowest BCUT2D eigenvalue weighted by atomic mass is 9.66. The molecule has 0 aliphatic carbocycles. The summed E-state index contributed by atoms with van der Waals surface area (Å²) in [6.45, 7) is 2.15. The minimum atomic E-state index is -1.05. The molecule has 1 heterocycles. The second-order valence-electron chi connectivity index (χ2n) is 8.05. The first kappa shape index (κ1) is 19.8. The zero-order chi connectivity index (χ0) is 20.3. The van der Waals surface area contributed by atoms with Crippen molar-refractivity contribution in [3.05, 3.63) is 107 Å². The highest BCUT2D eigenvalue weighted by atomic mass is 19.1. The Hall–Kier alpha value is -2.49. The maximum atomic E-state index is 13.6. The van der Waals surface area contributed by atoms with Crippen LogP contribution in [0.1, 0.15) is 55.0 Å². The monoisotopic (exact) mass is 389 g/mol. The van der Waals surface area contributed by atoms with Gasteiger partial charge in [0.1, 0.15) is 5.82 Å². The molecule has 0 bridgehead atoms. The number of piperidine rings is 1. The Labute approximate surface area is 172 Å². The predicted molar refractivity (Wildman–Crippen MR) is 115 cm³/mol. The van der Waals surface area contributed by atoms with E-state index in [9.17, 15) is 9.50 Å². The summed E-state index contributed by atoms with van der Waals surface area (Å²) in [5.41, 5.74) is 2.08. The standard InChI is InChI=1S/C26H28FNO/c1-2-9-23-25(20-12-7-4-8-13-20)28-24(19-10-5-3-6-11-19)18-26(23,29)21-14-16-22(27)17-15-21/h3-8,10-17,23-25,28-29H,2,9,18H2,1H3/t23-,24+,25+,26+/m0/s1. The van der Waals surface area contributed by atoms with Crippen LogP contribution < -0.4 is 5.32 Å². The van der Waals surface area contributed by atoms with E-state index in [1.165, 1.54) is 17.7 Å². The molecule has 150 valence electrons. The van der Waals surface area contributed by atoms with Gasteiger partial charge in [-0.1, -0.05) is 86.1 Å². The van der Waals surface area contributed by atoms with E-state index in [-0.39, 0.29) is 23.8 Å². The smallest absolute Gasteiger partial charge is 0.123 e. The van der Waals surface area contributed by atoms with Crippen molar-refractivity contribution in [3.8, 4) is 0 Å². The largest absolute Gasteiger partial charge is 0.385 e. The van der Waals surface area contributed by atoms with E-state index in [0.29, 0.717) is 6.42 Å². The van der Waals surface area contributed by atoms with Gasteiger partial charge in [-0.25, -0.2) is 4.39 Å². The number of rotatable bonds is 5. The van der Waals surface area contributed by atoms with E-state index in [0.717, 1.165) is 24.0 Å². The fraction of sp³-hybridized carbons (Fsp3) is 0.308. The number of hydrogen-bond donors (Lipinski definition) is 2. The van der Waals surface area contributed by atoms with Gasteiger partial charge in [0.2, 0.25) is 0 Å². The fourth-order valence-electron chi connectivity index (χ4n) is 4.81. The average Bonchev–Trinajstić information content (AvgIpc) is 2.77. The molecule has 0 aromatic heterocycles. The van der Waals surface area contributed by atoms with Gasteiger partial charge in [-0.3, -0.25) is 0 Å². The lowest BCUT2D eigenvalue weighted by molar-refractivity contribution is -0.0850. The fourth-order valence-corrected chi connectivity index (χ4v) is 4.81. The number of nitrogens with one attached hydrogen (secondary N) is 1. The molecule has 2 nitrogen and oxygen atoms in total. The lowest BCUT2D eigenvalue weighted by Crippen LogP contribution is -2.51. The molecule has 0 amide bonds. The van der Waals surface area contributed by atoms with Crippen molar-refractivity contribution in [1.82, 2.24) is 5.32 Å². The summed E-state index contributed by atoms with van der Waals surface area (Å²) in [4.78, 5) is 0. The zero-order valence-electron chi connectivity index (χ0n) is 16.8. The minimum Gasteiger partial charge on any atom is -0.385 e. The predicted octanol–water partition coefficient (Wildman–Crippen LogP) is 5.91. The molecule has 3 aromatic carbocycles. The number of halogens is 1. The van der Waals surface area contributed by atoms with Crippen LogP contribution in [0, 0.1) is 11.7 Å². The second-order valence-corrected chi connectivity index (χ2v) is 8.05. The Balaban J connectivity index is 1.82. The van der Waals surface area contributed by atoms with Gasteiger partial charge in [0.15, 0.2) is 0 Å². The Morgan fingerprint density at radius 1 is 0.897 bits per heavy atom. The quantitative estimate of drug-likeness (QED) is 0.569. The van der Waals surface area contributed by atoms with Gasteiger partial charge in [-0.05, 0) is 35.2 Å². The summed E-state index contributed by atoms with van der Waals surface area (Å²) in [5, 5.41) is 15.9. The van der Waals surface area contributed by atoms with Crippen molar-refractivity contribution in [1.29, 1.82) is 0 Å². The molecule has 1 fully saturated rings. The molecule has 4 atom stereocenters. The van der Waals surface area contributed by atoms with Crippen molar-refractivity contribution < 1.29 is 9.50 Å². The van der Waals surface area contributed by atoms with E-state index in [2.05, 4.69) is 36.5 Å². The number of aliphatic hydroxyl groups is 1. The van der Waals surface area contributed by atoms with Crippen LogP contribution in [-0.2, 0) is 5.60 Å². The Kier molecular flexibility index (Phi) is 5.79. The van der Waals surface area contributed by atoms with Crippen LogP contribution in [-0.4, -0.2) is 5.11 Å². The third-order valence-corrected chi connectivity index (χ3v) is 6.22. The number of benzene rings is 3. The van der Waals surface area contributed by atoms with Gasteiger partial charge in [-0.15, -0.1) is 0 Å². The molecule has 0 radical (unpaired) electrons. The third-order valence-electron chi connectivity index (χ3n) is 6.22. The molecule has 1 saturated heterocycles. The SMILES string of the molecule is CCC[C@H]1[C@@H](c2ccccc2)N[C@@H](c2ccccc2)C[C@@]1(O)c1ccc(F)cc1. The van der Waals surface area contributed by atoms with E-state index in [1.54, 1.807) is 12.1 Å². The van der Waals surface area contributed by atoms with Crippen LogP contribution in [0.25, 0.3) is 0 Å². The molecule has 0 saturated carbocycles. The Morgan fingerprint density at radius 2 is 1.48 bits per heavy atom. The summed E-state index contributed by atoms with van der Waals surface area (Å²) in [5.74, 6) is -0.294. The van der Waals surface area contributed by atoms with Gasteiger partial charge < -0.3 is 10.4 Å². The van der Waals surface area contributed by atoms with Crippen molar-refractivity contribution in [3.63, 3.8) is 0 Å². The van der Waals surface area contributed by atoms with Crippen LogP contribution in [0.3, 0.4) is 0 Å². The first-order valence-electron chi connectivity index (χ1n) is 10.5. The molecular formula is C26H28FNO. The Morgan fingerprint density at radius 3 is 2.07 bits per heavy atom. The molecule has 4 rings (SSSR count). The summed E-state index contributed by atoms with van der Waals surface area (Å²) < 4.78 is 13.6. The van der Waals surface area contributed by atoms with E-state index in [4.69, 9.17) is 0 Å². The van der Waals surface area contributed by atoms with E-state index < -0.39 is 5.60 Å².